The first-order chi connectivity index (χ1) is 10.8. The van der Waals surface area contributed by atoms with Gasteiger partial charge in [-0.3, -0.25) is 9.59 Å². The SMILES string of the molecule is NS(=O)(=O)c1ccc(NC(=O)[C@@H]2[C@@H](C(=O)O)[C@H]3C=C[C@@H]2C3)cc1. The van der Waals surface area contributed by atoms with E-state index in [1.165, 1.54) is 24.3 Å². The van der Waals surface area contributed by atoms with E-state index in [1.54, 1.807) is 0 Å². The van der Waals surface area contributed by atoms with Crippen LogP contribution in [0.4, 0.5) is 5.69 Å². The summed E-state index contributed by atoms with van der Waals surface area (Å²) in [5, 5.41) is 17.0. The lowest BCUT2D eigenvalue weighted by Crippen LogP contribution is -2.36. The average Bonchev–Trinajstić information content (AvgIpc) is 3.07. The van der Waals surface area contributed by atoms with Crippen LogP contribution in [0.2, 0.25) is 0 Å². The monoisotopic (exact) mass is 336 g/mol. The van der Waals surface area contributed by atoms with E-state index in [9.17, 15) is 23.1 Å². The van der Waals surface area contributed by atoms with Crippen molar-refractivity contribution in [1.82, 2.24) is 0 Å². The van der Waals surface area contributed by atoms with Crippen molar-refractivity contribution in [3.8, 4) is 0 Å². The van der Waals surface area contributed by atoms with Crippen LogP contribution >= 0.6 is 0 Å². The summed E-state index contributed by atoms with van der Waals surface area (Å²) in [6.45, 7) is 0. The number of nitrogens with one attached hydrogen (secondary N) is 1. The fourth-order valence-electron chi connectivity index (χ4n) is 3.47. The lowest BCUT2D eigenvalue weighted by molar-refractivity contribution is -0.146. The van der Waals surface area contributed by atoms with Crippen LogP contribution in [0, 0.1) is 23.7 Å². The minimum atomic E-state index is -3.79. The van der Waals surface area contributed by atoms with Gasteiger partial charge < -0.3 is 10.4 Å². The maximum atomic E-state index is 12.5. The number of carboxylic acid groups (broad SMARTS) is 1. The number of amides is 1. The van der Waals surface area contributed by atoms with Crippen LogP contribution in [0.1, 0.15) is 6.42 Å². The number of nitrogens with two attached hydrogens (primary N) is 1. The van der Waals surface area contributed by atoms with Gasteiger partial charge in [-0.05, 0) is 42.5 Å². The summed E-state index contributed by atoms with van der Waals surface area (Å²) in [7, 11) is -3.79. The molecule has 122 valence electrons. The maximum Gasteiger partial charge on any atom is 0.307 e. The van der Waals surface area contributed by atoms with Crippen molar-refractivity contribution < 1.29 is 23.1 Å². The van der Waals surface area contributed by atoms with Crippen molar-refractivity contribution in [1.29, 1.82) is 0 Å². The van der Waals surface area contributed by atoms with Gasteiger partial charge in [-0.25, -0.2) is 13.6 Å². The maximum absolute atomic E-state index is 12.5. The largest absolute Gasteiger partial charge is 0.481 e. The second-order valence-corrected chi connectivity index (χ2v) is 7.46. The van der Waals surface area contributed by atoms with E-state index in [2.05, 4.69) is 5.32 Å². The minimum Gasteiger partial charge on any atom is -0.481 e. The van der Waals surface area contributed by atoms with Crippen molar-refractivity contribution in [3.05, 3.63) is 36.4 Å². The number of allylic oxidation sites excluding steroid dienone is 2. The Bertz CT molecular complexity index is 785. The Morgan fingerprint density at radius 2 is 1.65 bits per heavy atom. The van der Waals surface area contributed by atoms with Crippen LogP contribution in [0.15, 0.2) is 41.3 Å². The van der Waals surface area contributed by atoms with Crippen LogP contribution in [0.3, 0.4) is 0 Å². The van der Waals surface area contributed by atoms with Gasteiger partial charge in [0.1, 0.15) is 0 Å². The fourth-order valence-corrected chi connectivity index (χ4v) is 3.99. The molecule has 4 atom stereocenters. The van der Waals surface area contributed by atoms with Gasteiger partial charge in [-0.15, -0.1) is 0 Å². The van der Waals surface area contributed by atoms with Gasteiger partial charge in [0.2, 0.25) is 15.9 Å². The van der Waals surface area contributed by atoms with Gasteiger partial charge in [-0.2, -0.15) is 0 Å². The number of sulfonamides is 1. The van der Waals surface area contributed by atoms with Crippen molar-refractivity contribution in [2.45, 2.75) is 11.3 Å². The molecule has 0 unspecified atom stereocenters. The standard InChI is InChI=1S/C15H16N2O5S/c16-23(21,22)11-5-3-10(4-6-11)17-14(18)12-8-1-2-9(7-8)13(12)15(19)20/h1-6,8-9,12-13H,7H2,(H,17,18)(H,19,20)(H2,16,21,22)/t8-,9+,12+,13+/m1/s1. The van der Waals surface area contributed by atoms with Crippen LogP contribution in [0.5, 0.6) is 0 Å². The van der Waals surface area contributed by atoms with E-state index in [1.807, 2.05) is 12.2 Å². The summed E-state index contributed by atoms with van der Waals surface area (Å²) in [5.74, 6) is -2.82. The number of carboxylic acids is 1. The summed E-state index contributed by atoms with van der Waals surface area (Å²) in [4.78, 5) is 23.8. The van der Waals surface area contributed by atoms with Gasteiger partial charge in [0, 0.05) is 5.69 Å². The van der Waals surface area contributed by atoms with E-state index < -0.39 is 27.8 Å². The predicted octanol–water partition coefficient (Wildman–Crippen LogP) is 0.795. The zero-order valence-corrected chi connectivity index (χ0v) is 12.9. The van der Waals surface area contributed by atoms with Gasteiger partial charge >= 0.3 is 5.97 Å². The zero-order chi connectivity index (χ0) is 16.8. The first kappa shape index (κ1) is 15.7. The number of fused-ring (bicyclic) bond motifs is 2. The lowest BCUT2D eigenvalue weighted by atomic mass is 9.82. The Balaban J connectivity index is 1.77. The molecular formula is C15H16N2O5S. The lowest BCUT2D eigenvalue weighted by Gasteiger charge is -2.23. The van der Waals surface area contributed by atoms with E-state index in [0.29, 0.717) is 12.1 Å². The average molecular weight is 336 g/mol. The van der Waals surface area contributed by atoms with Crippen LogP contribution in [-0.2, 0) is 19.6 Å². The number of hydrogen-bond acceptors (Lipinski definition) is 4. The third-order valence-electron chi connectivity index (χ3n) is 4.50. The summed E-state index contributed by atoms with van der Waals surface area (Å²) >= 11 is 0. The number of aliphatic carboxylic acids is 1. The number of anilines is 1. The first-order valence-corrected chi connectivity index (χ1v) is 8.67. The Kier molecular flexibility index (Phi) is 3.73. The third-order valence-corrected chi connectivity index (χ3v) is 5.43. The Hall–Kier alpha value is -2.19. The highest BCUT2D eigenvalue weighted by Gasteiger charge is 2.51. The van der Waals surface area contributed by atoms with E-state index in [0.717, 1.165) is 0 Å². The normalized spacial score (nSPS) is 28.7. The predicted molar refractivity (Wildman–Crippen MR) is 81.8 cm³/mol. The van der Waals surface area contributed by atoms with E-state index in [4.69, 9.17) is 5.14 Å². The molecule has 0 aromatic heterocycles. The number of hydrogen-bond donors (Lipinski definition) is 3. The Morgan fingerprint density at radius 1 is 1.09 bits per heavy atom. The number of carbonyl (C=O) groups excluding carboxylic acids is 1. The molecule has 1 amide bonds. The van der Waals surface area contributed by atoms with Gasteiger partial charge in [0.05, 0.1) is 16.7 Å². The quantitative estimate of drug-likeness (QED) is 0.701. The molecule has 2 bridgehead atoms. The Labute approximate surface area is 133 Å². The molecule has 0 radical (unpaired) electrons. The second-order valence-electron chi connectivity index (χ2n) is 5.90. The smallest absolute Gasteiger partial charge is 0.307 e. The molecule has 4 N–H and O–H groups in total. The molecule has 1 aromatic carbocycles. The topological polar surface area (TPSA) is 127 Å². The number of rotatable bonds is 4. The summed E-state index contributed by atoms with van der Waals surface area (Å²) in [6, 6.07) is 5.44. The van der Waals surface area contributed by atoms with Crippen molar-refractivity contribution in [2.24, 2.45) is 28.8 Å². The van der Waals surface area contributed by atoms with Crippen molar-refractivity contribution in [2.75, 3.05) is 5.32 Å². The van der Waals surface area contributed by atoms with Gasteiger partial charge in [0.15, 0.2) is 0 Å². The van der Waals surface area contributed by atoms with Gasteiger partial charge in [-0.1, -0.05) is 12.2 Å². The number of primary sulfonamides is 1. The Morgan fingerprint density at radius 3 is 2.17 bits per heavy atom. The highest BCUT2D eigenvalue weighted by Crippen LogP contribution is 2.48. The number of benzene rings is 1. The van der Waals surface area contributed by atoms with Crippen LogP contribution in [0.25, 0.3) is 0 Å². The minimum absolute atomic E-state index is 0.0539. The molecule has 1 fully saturated rings. The molecule has 3 rings (SSSR count). The van der Waals surface area contributed by atoms with E-state index in [-0.39, 0.29) is 22.6 Å². The van der Waals surface area contributed by atoms with Crippen LogP contribution < -0.4 is 10.5 Å². The molecular weight excluding hydrogens is 320 g/mol. The van der Waals surface area contributed by atoms with E-state index >= 15 is 0 Å². The summed E-state index contributed by atoms with van der Waals surface area (Å²) in [6.07, 6.45) is 4.45. The van der Waals surface area contributed by atoms with Crippen molar-refractivity contribution in [3.63, 3.8) is 0 Å². The van der Waals surface area contributed by atoms with Crippen molar-refractivity contribution >= 4 is 27.6 Å². The second kappa shape index (κ2) is 5.47. The fraction of sp³-hybridized carbons (Fsp3) is 0.333. The molecule has 1 saturated carbocycles. The molecule has 7 nitrogen and oxygen atoms in total. The number of carbonyl (C=O) groups is 2. The molecule has 0 spiro atoms. The summed E-state index contributed by atoms with van der Waals surface area (Å²) in [5.41, 5.74) is 0.401. The molecule has 2 aliphatic carbocycles. The van der Waals surface area contributed by atoms with Crippen LogP contribution in [-0.4, -0.2) is 25.4 Å². The third kappa shape index (κ3) is 2.87. The molecule has 0 heterocycles. The molecule has 8 heteroatoms. The highest BCUT2D eigenvalue weighted by molar-refractivity contribution is 7.89. The molecule has 0 aliphatic heterocycles. The molecule has 23 heavy (non-hydrogen) atoms. The zero-order valence-electron chi connectivity index (χ0n) is 12.0. The first-order valence-electron chi connectivity index (χ1n) is 7.12. The summed E-state index contributed by atoms with van der Waals surface area (Å²) < 4.78 is 22.4. The molecule has 0 saturated heterocycles. The highest BCUT2D eigenvalue weighted by atomic mass is 32.2. The molecule has 1 aromatic rings. The molecule has 2 aliphatic rings. The van der Waals surface area contributed by atoms with Gasteiger partial charge in [0.25, 0.3) is 0 Å².